The van der Waals surface area contributed by atoms with E-state index in [0.29, 0.717) is 18.9 Å². The molecule has 0 aliphatic carbocycles. The monoisotopic (exact) mass is 542 g/mol. The number of pyridine rings is 1. The van der Waals surface area contributed by atoms with Crippen LogP contribution in [-0.4, -0.2) is 51.7 Å². The number of hydrogen-bond acceptors (Lipinski definition) is 7. The summed E-state index contributed by atoms with van der Waals surface area (Å²) in [5.74, 6) is -1.12. The number of anilines is 3. The molecule has 1 aliphatic rings. The van der Waals surface area contributed by atoms with E-state index >= 15 is 0 Å². The van der Waals surface area contributed by atoms with Crippen molar-refractivity contribution >= 4 is 28.9 Å². The van der Waals surface area contributed by atoms with E-state index in [9.17, 15) is 22.4 Å². The molecule has 5 rings (SSSR count). The Kier molecular flexibility index (Phi) is 6.91. The van der Waals surface area contributed by atoms with E-state index in [2.05, 4.69) is 26.4 Å². The molecule has 13 heteroatoms. The second-order valence-corrected chi connectivity index (χ2v) is 8.67. The maximum absolute atomic E-state index is 14.0. The molecule has 202 valence electrons. The molecule has 1 aromatic carbocycles. The van der Waals surface area contributed by atoms with Gasteiger partial charge in [0.15, 0.2) is 11.5 Å². The average molecular weight is 542 g/mol. The van der Waals surface area contributed by atoms with Crippen molar-refractivity contribution < 1.29 is 31.8 Å². The van der Waals surface area contributed by atoms with Crippen LogP contribution in [0.25, 0.3) is 16.9 Å². The summed E-state index contributed by atoms with van der Waals surface area (Å²) in [4.78, 5) is 28.1. The Hall–Kier alpha value is -4.52. The smallest absolute Gasteiger partial charge is 0.415 e. The van der Waals surface area contributed by atoms with Gasteiger partial charge in [-0.05, 0) is 37.3 Å². The molecule has 0 atom stereocenters. The maximum atomic E-state index is 14.0. The summed E-state index contributed by atoms with van der Waals surface area (Å²) in [6.07, 6.45) is -1.60. The lowest BCUT2D eigenvalue weighted by Crippen LogP contribution is -2.36. The third kappa shape index (κ3) is 5.39. The lowest BCUT2D eigenvalue weighted by atomic mass is 10.1. The van der Waals surface area contributed by atoms with Gasteiger partial charge in [-0.25, -0.2) is 24.6 Å². The van der Waals surface area contributed by atoms with Crippen LogP contribution >= 0.6 is 0 Å². The van der Waals surface area contributed by atoms with Crippen molar-refractivity contribution in [2.24, 2.45) is 0 Å². The fraction of sp³-hybridized carbons (Fsp3) is 0.231. The number of benzene rings is 1. The number of allylic oxidation sites excluding steroid dienone is 1. The number of carbonyl (C=O) groups is 1. The highest BCUT2D eigenvalue weighted by molar-refractivity contribution is 5.99. The van der Waals surface area contributed by atoms with E-state index in [1.165, 1.54) is 34.8 Å². The highest BCUT2D eigenvalue weighted by Crippen LogP contribution is 2.34. The molecule has 0 unspecified atom stereocenters. The number of hydrogen-bond donors (Lipinski definition) is 0. The van der Waals surface area contributed by atoms with Gasteiger partial charge in [-0.3, -0.25) is 4.40 Å². The first-order valence-electron chi connectivity index (χ1n) is 11.8. The predicted octanol–water partition coefficient (Wildman–Crippen LogP) is 5.59. The zero-order chi connectivity index (χ0) is 27.7. The summed E-state index contributed by atoms with van der Waals surface area (Å²) in [5.41, 5.74) is 0.0511. The van der Waals surface area contributed by atoms with Gasteiger partial charge in [0.05, 0.1) is 36.6 Å². The first kappa shape index (κ1) is 26.1. The van der Waals surface area contributed by atoms with Gasteiger partial charge in [0.1, 0.15) is 5.69 Å². The Balaban J connectivity index is 1.59. The van der Waals surface area contributed by atoms with Crippen LogP contribution in [-0.2, 0) is 15.7 Å². The Morgan fingerprint density at radius 2 is 1.85 bits per heavy atom. The summed E-state index contributed by atoms with van der Waals surface area (Å²) in [7, 11) is 0. The van der Waals surface area contributed by atoms with Crippen LogP contribution in [0, 0.1) is 5.95 Å². The van der Waals surface area contributed by atoms with Crippen LogP contribution in [0.4, 0.5) is 39.5 Å². The molecule has 4 aromatic rings. The van der Waals surface area contributed by atoms with Crippen LogP contribution in [0.5, 0.6) is 0 Å². The van der Waals surface area contributed by atoms with Gasteiger partial charge in [-0.1, -0.05) is 6.58 Å². The molecule has 0 N–H and O–H groups in total. The Morgan fingerprint density at radius 3 is 2.51 bits per heavy atom. The first-order chi connectivity index (χ1) is 18.6. The quantitative estimate of drug-likeness (QED) is 0.185. The summed E-state index contributed by atoms with van der Waals surface area (Å²) >= 11 is 0. The normalized spacial score (nSPS) is 13.9. The second kappa shape index (κ2) is 10.3. The van der Waals surface area contributed by atoms with E-state index in [4.69, 9.17) is 9.47 Å². The fourth-order valence-electron chi connectivity index (χ4n) is 4.21. The topological polar surface area (TPSA) is 85.1 Å². The van der Waals surface area contributed by atoms with Crippen molar-refractivity contribution in [1.29, 1.82) is 0 Å². The van der Waals surface area contributed by atoms with Gasteiger partial charge in [-0.15, -0.1) is 0 Å². The number of halogens is 4. The number of aromatic nitrogens is 4. The zero-order valence-electron chi connectivity index (χ0n) is 20.7. The van der Waals surface area contributed by atoms with E-state index in [0.717, 1.165) is 30.9 Å². The molecule has 0 bridgehead atoms. The van der Waals surface area contributed by atoms with E-state index in [1.807, 2.05) is 12.1 Å². The molecule has 1 saturated heterocycles. The number of rotatable bonds is 5. The van der Waals surface area contributed by atoms with Crippen molar-refractivity contribution in [1.82, 2.24) is 19.4 Å². The van der Waals surface area contributed by atoms with Crippen molar-refractivity contribution in [3.05, 3.63) is 79.0 Å². The van der Waals surface area contributed by atoms with Crippen molar-refractivity contribution in [2.45, 2.75) is 13.1 Å². The van der Waals surface area contributed by atoms with Gasteiger partial charge < -0.3 is 14.4 Å². The van der Waals surface area contributed by atoms with Crippen LogP contribution in [0.2, 0.25) is 0 Å². The maximum Gasteiger partial charge on any atom is 0.433 e. The Morgan fingerprint density at radius 1 is 1.13 bits per heavy atom. The lowest BCUT2D eigenvalue weighted by molar-refractivity contribution is -0.141. The van der Waals surface area contributed by atoms with Crippen LogP contribution < -0.4 is 9.80 Å². The Labute approximate surface area is 219 Å². The van der Waals surface area contributed by atoms with Gasteiger partial charge in [0.25, 0.3) is 0 Å². The SMILES string of the molecule is C=C(C)OC(=O)N(c1ccc(N2CCOCC2)cc1)c1ncc(-c2cc(F)nc(C(F)(F)F)c2)n2ccnc12. The fourth-order valence-corrected chi connectivity index (χ4v) is 4.21. The van der Waals surface area contributed by atoms with E-state index < -0.39 is 23.9 Å². The molecule has 9 nitrogen and oxygen atoms in total. The largest absolute Gasteiger partial charge is 0.433 e. The summed E-state index contributed by atoms with van der Waals surface area (Å²) in [5, 5.41) is 0. The number of fused-ring (bicyclic) bond motifs is 1. The van der Waals surface area contributed by atoms with Gasteiger partial charge in [0, 0.05) is 42.8 Å². The number of nitrogens with zero attached hydrogens (tertiary/aromatic N) is 6. The molecular formula is C26H22F4N6O3. The molecule has 1 amide bonds. The zero-order valence-corrected chi connectivity index (χ0v) is 20.7. The summed E-state index contributed by atoms with van der Waals surface area (Å²) < 4.78 is 66.0. The molecule has 4 heterocycles. The van der Waals surface area contributed by atoms with Gasteiger partial charge in [-0.2, -0.15) is 17.6 Å². The molecule has 1 fully saturated rings. The van der Waals surface area contributed by atoms with Gasteiger partial charge in [0.2, 0.25) is 5.95 Å². The molecular weight excluding hydrogens is 520 g/mol. The first-order valence-corrected chi connectivity index (χ1v) is 11.8. The molecule has 1 aliphatic heterocycles. The number of amides is 1. The van der Waals surface area contributed by atoms with Crippen LogP contribution in [0.1, 0.15) is 12.6 Å². The predicted molar refractivity (Wildman–Crippen MR) is 134 cm³/mol. The number of imidazole rings is 1. The van der Waals surface area contributed by atoms with Crippen molar-refractivity contribution in [3.63, 3.8) is 0 Å². The molecule has 3 aromatic heterocycles. The number of morpholine rings is 1. The van der Waals surface area contributed by atoms with Crippen LogP contribution in [0.3, 0.4) is 0 Å². The minimum atomic E-state index is -4.85. The summed E-state index contributed by atoms with van der Waals surface area (Å²) in [6.45, 7) is 7.80. The molecule has 0 radical (unpaired) electrons. The van der Waals surface area contributed by atoms with Crippen LogP contribution in [0.15, 0.2) is 67.3 Å². The molecule has 0 saturated carbocycles. The second-order valence-electron chi connectivity index (χ2n) is 8.67. The van der Waals surface area contributed by atoms with Gasteiger partial charge >= 0.3 is 12.3 Å². The van der Waals surface area contributed by atoms with Crippen molar-refractivity contribution in [2.75, 3.05) is 36.1 Å². The standard InChI is InChI=1S/C26H22F4N6O3/c1-16(2)39-25(37)36(19-5-3-18(4-6-19)34-9-11-38-12-10-34)24-23-31-7-8-35(23)20(15-32-24)17-13-21(26(28,29)30)33-22(27)14-17/h3-8,13-15H,1,9-12H2,2H3. The van der Waals surface area contributed by atoms with E-state index in [1.54, 1.807) is 12.1 Å². The average Bonchev–Trinajstić information content (AvgIpc) is 3.39. The Bertz CT molecular complexity index is 1530. The highest BCUT2D eigenvalue weighted by Gasteiger charge is 2.34. The number of ether oxygens (including phenoxy) is 2. The van der Waals surface area contributed by atoms with Crippen molar-refractivity contribution in [3.8, 4) is 11.3 Å². The number of alkyl halides is 3. The minimum Gasteiger partial charge on any atom is -0.415 e. The van der Waals surface area contributed by atoms with E-state index in [-0.39, 0.29) is 28.5 Å². The minimum absolute atomic E-state index is 0.0414. The summed E-state index contributed by atoms with van der Waals surface area (Å²) in [6, 6.07) is 8.70. The number of carbonyl (C=O) groups excluding carboxylic acids is 1. The highest BCUT2D eigenvalue weighted by atomic mass is 19.4. The lowest BCUT2D eigenvalue weighted by Gasteiger charge is -2.29. The molecule has 39 heavy (non-hydrogen) atoms. The third-order valence-corrected chi connectivity index (χ3v) is 5.93. The molecule has 0 spiro atoms. The third-order valence-electron chi connectivity index (χ3n) is 5.93.